The number of aromatic nitrogens is 2. The van der Waals surface area contributed by atoms with Gasteiger partial charge in [0.05, 0.1) is 17.6 Å². The molecule has 0 amide bonds. The maximum atomic E-state index is 10.7. The van der Waals surface area contributed by atoms with Gasteiger partial charge >= 0.3 is 0 Å². The third kappa shape index (κ3) is 5.31. The molecule has 0 bridgehead atoms. The highest BCUT2D eigenvalue weighted by molar-refractivity contribution is 5.85. The van der Waals surface area contributed by atoms with Crippen LogP contribution in [0.2, 0.25) is 0 Å². The van der Waals surface area contributed by atoms with Crippen molar-refractivity contribution in [2.75, 3.05) is 6.61 Å². The van der Waals surface area contributed by atoms with Crippen LogP contribution in [-0.4, -0.2) is 27.4 Å². The van der Waals surface area contributed by atoms with E-state index in [0.29, 0.717) is 6.54 Å². The minimum Gasteiger partial charge on any atom is -0.491 e. The van der Waals surface area contributed by atoms with Crippen LogP contribution in [0, 0.1) is 6.92 Å². The van der Waals surface area contributed by atoms with E-state index in [1.807, 2.05) is 24.3 Å². The van der Waals surface area contributed by atoms with Gasteiger partial charge in [0, 0.05) is 5.92 Å². The normalized spacial score (nSPS) is 12.8. The minimum atomic E-state index is -0.621. The van der Waals surface area contributed by atoms with Crippen LogP contribution in [0.4, 0.5) is 0 Å². The molecule has 0 aliphatic heterocycles. The molecule has 1 N–H and O–H groups in total. The zero-order chi connectivity index (χ0) is 20.5. The molecule has 3 aromatic rings. The summed E-state index contributed by atoms with van der Waals surface area (Å²) in [4.78, 5) is 4.75. The highest BCUT2D eigenvalue weighted by Crippen LogP contribution is 2.32. The monoisotopic (exact) mass is 416 g/mol. The third-order valence-corrected chi connectivity index (χ3v) is 4.97. The van der Waals surface area contributed by atoms with E-state index in [4.69, 9.17) is 9.72 Å². The summed E-state index contributed by atoms with van der Waals surface area (Å²) < 4.78 is 8.18. The largest absolute Gasteiger partial charge is 0.491 e. The Labute approximate surface area is 180 Å². The molecule has 1 heterocycles. The second-order valence-electron chi connectivity index (χ2n) is 8.94. The lowest BCUT2D eigenvalue weighted by Crippen LogP contribution is -2.25. The minimum absolute atomic E-state index is 0. The van der Waals surface area contributed by atoms with Crippen molar-refractivity contribution in [1.29, 1.82) is 0 Å². The Bertz CT molecular complexity index is 957. The molecule has 1 aromatic heterocycles. The van der Waals surface area contributed by atoms with Crippen LogP contribution in [0.25, 0.3) is 11.0 Å². The van der Waals surface area contributed by atoms with Gasteiger partial charge in [0.25, 0.3) is 0 Å². The molecule has 2 aromatic carbocycles. The third-order valence-electron chi connectivity index (χ3n) is 4.97. The van der Waals surface area contributed by atoms with Crippen molar-refractivity contribution >= 4 is 23.4 Å². The van der Waals surface area contributed by atoms with Crippen molar-refractivity contribution in [3.63, 3.8) is 0 Å². The van der Waals surface area contributed by atoms with Crippen LogP contribution in [-0.2, 0) is 12.0 Å². The Balaban J connectivity index is 0.00000300. The number of para-hydroxylation sites is 2. The van der Waals surface area contributed by atoms with Crippen LogP contribution in [0.3, 0.4) is 0 Å². The molecule has 3 rings (SSSR count). The van der Waals surface area contributed by atoms with Gasteiger partial charge in [0.15, 0.2) is 0 Å². The van der Waals surface area contributed by atoms with Gasteiger partial charge in [-0.1, -0.05) is 64.4 Å². The number of hydrogen-bond donors (Lipinski definition) is 1. The quantitative estimate of drug-likeness (QED) is 0.566. The van der Waals surface area contributed by atoms with Gasteiger partial charge < -0.3 is 14.4 Å². The summed E-state index contributed by atoms with van der Waals surface area (Å²) in [6.45, 7) is 13.6. The highest BCUT2D eigenvalue weighted by atomic mass is 35.5. The SMILES string of the molecule is Cc1ccc(OCC(O)Cn2c(C(C)C)nc3ccccc32)c(C(C)(C)C)c1.Cl. The molecule has 0 aliphatic rings. The number of ether oxygens (including phenoxy) is 1. The van der Waals surface area contributed by atoms with Crippen molar-refractivity contribution < 1.29 is 9.84 Å². The summed E-state index contributed by atoms with van der Waals surface area (Å²) >= 11 is 0. The number of rotatable bonds is 6. The summed E-state index contributed by atoms with van der Waals surface area (Å²) in [5, 5.41) is 10.7. The van der Waals surface area contributed by atoms with Crippen molar-refractivity contribution in [3.05, 3.63) is 59.4 Å². The average Bonchev–Trinajstić information content (AvgIpc) is 2.99. The Kier molecular flexibility index (Phi) is 7.36. The van der Waals surface area contributed by atoms with Gasteiger partial charge in [0.1, 0.15) is 24.3 Å². The topological polar surface area (TPSA) is 47.3 Å². The maximum Gasteiger partial charge on any atom is 0.123 e. The number of hydrogen-bond acceptors (Lipinski definition) is 3. The van der Waals surface area contributed by atoms with E-state index in [-0.39, 0.29) is 30.3 Å². The zero-order valence-electron chi connectivity index (χ0n) is 18.3. The molecule has 1 unspecified atom stereocenters. The smallest absolute Gasteiger partial charge is 0.123 e. The van der Waals surface area contributed by atoms with Crippen molar-refractivity contribution in [3.8, 4) is 5.75 Å². The lowest BCUT2D eigenvalue weighted by molar-refractivity contribution is 0.0915. The fourth-order valence-electron chi connectivity index (χ4n) is 3.53. The summed E-state index contributed by atoms with van der Waals surface area (Å²) in [5.74, 6) is 2.12. The highest BCUT2D eigenvalue weighted by Gasteiger charge is 2.21. The zero-order valence-corrected chi connectivity index (χ0v) is 19.1. The van der Waals surface area contributed by atoms with Crippen molar-refractivity contribution in [2.45, 2.75) is 65.5 Å². The summed E-state index contributed by atoms with van der Waals surface area (Å²) in [5.41, 5.74) is 4.38. The van der Waals surface area contributed by atoms with Gasteiger partial charge in [-0.3, -0.25) is 0 Å². The number of nitrogens with zero attached hydrogens (tertiary/aromatic N) is 2. The van der Waals surface area contributed by atoms with Gasteiger partial charge in [-0.2, -0.15) is 0 Å². The molecule has 0 aliphatic carbocycles. The number of aryl methyl sites for hydroxylation is 1. The first-order valence-corrected chi connectivity index (χ1v) is 10.0. The van der Waals surface area contributed by atoms with Crippen molar-refractivity contribution in [1.82, 2.24) is 9.55 Å². The van der Waals surface area contributed by atoms with Crippen LogP contribution in [0.1, 0.15) is 57.5 Å². The molecule has 0 spiro atoms. The van der Waals surface area contributed by atoms with Crippen molar-refractivity contribution in [2.24, 2.45) is 0 Å². The predicted molar refractivity (Wildman–Crippen MR) is 122 cm³/mol. The van der Waals surface area contributed by atoms with Gasteiger partial charge in [-0.25, -0.2) is 4.98 Å². The lowest BCUT2D eigenvalue weighted by Gasteiger charge is -2.24. The van der Waals surface area contributed by atoms with Gasteiger partial charge in [-0.15, -0.1) is 12.4 Å². The van der Waals surface area contributed by atoms with E-state index < -0.39 is 6.10 Å². The molecule has 0 fully saturated rings. The standard InChI is InChI=1S/C24H32N2O2.ClH/c1-16(2)23-25-20-9-7-8-10-21(20)26(23)14-18(27)15-28-22-12-11-17(3)13-19(22)24(4,5)6;/h7-13,16,18,27H,14-15H2,1-6H3;1H. The Morgan fingerprint density at radius 2 is 1.79 bits per heavy atom. The molecule has 158 valence electrons. The number of aliphatic hydroxyl groups excluding tert-OH is 1. The lowest BCUT2D eigenvalue weighted by atomic mass is 9.85. The molecular weight excluding hydrogens is 384 g/mol. The Hall–Kier alpha value is -2.04. The molecule has 0 saturated carbocycles. The Morgan fingerprint density at radius 3 is 2.45 bits per heavy atom. The van der Waals surface area contributed by atoms with E-state index in [1.54, 1.807) is 0 Å². The predicted octanol–water partition coefficient (Wildman–Crippen LogP) is 5.63. The summed E-state index contributed by atoms with van der Waals surface area (Å²) in [6.07, 6.45) is -0.621. The van der Waals surface area contributed by atoms with E-state index >= 15 is 0 Å². The second-order valence-corrected chi connectivity index (χ2v) is 8.94. The van der Waals surface area contributed by atoms with Gasteiger partial charge in [0.2, 0.25) is 0 Å². The number of imidazole rings is 1. The molecular formula is C24H33ClN2O2. The molecule has 1 atom stereocenters. The molecule has 5 heteroatoms. The first-order valence-electron chi connectivity index (χ1n) is 10.0. The molecule has 29 heavy (non-hydrogen) atoms. The summed E-state index contributed by atoms with van der Waals surface area (Å²) in [6, 6.07) is 14.3. The van der Waals surface area contributed by atoms with Crippen LogP contribution < -0.4 is 4.74 Å². The molecule has 4 nitrogen and oxygen atoms in total. The number of aliphatic hydroxyl groups is 1. The van der Waals surface area contributed by atoms with Crippen LogP contribution in [0.15, 0.2) is 42.5 Å². The summed E-state index contributed by atoms with van der Waals surface area (Å²) in [7, 11) is 0. The van der Waals surface area contributed by atoms with Crippen LogP contribution in [0.5, 0.6) is 5.75 Å². The fraction of sp³-hybridized carbons (Fsp3) is 0.458. The fourth-order valence-corrected chi connectivity index (χ4v) is 3.53. The molecule has 0 saturated heterocycles. The van der Waals surface area contributed by atoms with E-state index in [0.717, 1.165) is 28.2 Å². The average molecular weight is 417 g/mol. The van der Waals surface area contributed by atoms with E-state index in [9.17, 15) is 5.11 Å². The van der Waals surface area contributed by atoms with E-state index in [2.05, 4.69) is 64.3 Å². The first-order chi connectivity index (χ1) is 13.2. The van der Waals surface area contributed by atoms with Crippen LogP contribution >= 0.6 is 12.4 Å². The van der Waals surface area contributed by atoms with Gasteiger partial charge in [-0.05, 0) is 36.1 Å². The number of halogens is 1. The maximum absolute atomic E-state index is 10.7. The number of fused-ring (bicyclic) bond motifs is 1. The van der Waals surface area contributed by atoms with E-state index in [1.165, 1.54) is 5.56 Å². The number of benzene rings is 2. The molecule has 0 radical (unpaired) electrons. The Morgan fingerprint density at radius 1 is 1.10 bits per heavy atom. The second kappa shape index (κ2) is 9.19. The first kappa shape index (κ1) is 23.2.